The molecule has 0 heterocycles. The largest absolute Gasteiger partial charge is 0.497 e. The SMILES string of the molecule is C=CC(OCc1ccc(OC)cc1)C(C)(C)CC(Cl)CCS(=O)(=O)O. The van der Waals surface area contributed by atoms with Gasteiger partial charge in [0, 0.05) is 5.38 Å². The zero-order valence-corrected chi connectivity index (χ0v) is 16.5. The van der Waals surface area contributed by atoms with E-state index in [4.69, 9.17) is 25.6 Å². The Morgan fingerprint density at radius 1 is 1.32 bits per heavy atom. The Morgan fingerprint density at radius 3 is 2.40 bits per heavy atom. The fraction of sp³-hybridized carbons (Fsp3) is 0.556. The van der Waals surface area contributed by atoms with Crippen molar-refractivity contribution in [2.45, 2.75) is 44.8 Å². The third-order valence-corrected chi connectivity index (χ3v) is 5.13. The van der Waals surface area contributed by atoms with E-state index in [-0.39, 0.29) is 29.1 Å². The maximum absolute atomic E-state index is 10.8. The van der Waals surface area contributed by atoms with Gasteiger partial charge in [0.1, 0.15) is 5.75 Å². The Labute approximate surface area is 155 Å². The molecule has 2 atom stereocenters. The van der Waals surface area contributed by atoms with Crippen LogP contribution in [0.1, 0.15) is 32.3 Å². The predicted molar refractivity (Wildman–Crippen MR) is 101 cm³/mol. The Kier molecular flexibility index (Phi) is 8.41. The maximum atomic E-state index is 10.8. The summed E-state index contributed by atoms with van der Waals surface area (Å²) in [6.45, 7) is 8.25. The van der Waals surface area contributed by atoms with Crippen molar-refractivity contribution in [3.8, 4) is 5.75 Å². The summed E-state index contributed by atoms with van der Waals surface area (Å²) in [5, 5.41) is -0.385. The summed E-state index contributed by atoms with van der Waals surface area (Å²) in [5.74, 6) is 0.441. The molecule has 0 fully saturated rings. The van der Waals surface area contributed by atoms with Gasteiger partial charge in [-0.3, -0.25) is 4.55 Å². The van der Waals surface area contributed by atoms with Crippen molar-refractivity contribution < 1.29 is 22.4 Å². The van der Waals surface area contributed by atoms with Crippen molar-refractivity contribution in [2.75, 3.05) is 12.9 Å². The molecule has 0 bridgehead atoms. The molecule has 7 heteroatoms. The number of hydrogen-bond donors (Lipinski definition) is 1. The first-order valence-electron chi connectivity index (χ1n) is 8.03. The first kappa shape index (κ1) is 22.0. The van der Waals surface area contributed by atoms with Crippen molar-refractivity contribution in [2.24, 2.45) is 5.41 Å². The van der Waals surface area contributed by atoms with E-state index in [0.29, 0.717) is 13.0 Å². The lowest BCUT2D eigenvalue weighted by Gasteiger charge is -2.34. The Morgan fingerprint density at radius 2 is 1.92 bits per heavy atom. The molecule has 1 aromatic rings. The highest BCUT2D eigenvalue weighted by atomic mass is 35.5. The van der Waals surface area contributed by atoms with E-state index in [1.807, 2.05) is 38.1 Å². The van der Waals surface area contributed by atoms with Crippen LogP contribution in [0.5, 0.6) is 5.75 Å². The highest BCUT2D eigenvalue weighted by Crippen LogP contribution is 2.33. The number of benzene rings is 1. The number of ether oxygens (including phenoxy) is 2. The number of methoxy groups -OCH3 is 1. The van der Waals surface area contributed by atoms with Crippen LogP contribution in [-0.2, 0) is 21.5 Å². The first-order valence-corrected chi connectivity index (χ1v) is 10.1. The minimum atomic E-state index is -4.00. The molecule has 0 aliphatic heterocycles. The molecule has 0 aliphatic rings. The number of hydrogen-bond acceptors (Lipinski definition) is 4. The van der Waals surface area contributed by atoms with Gasteiger partial charge < -0.3 is 9.47 Å². The molecule has 1 aromatic carbocycles. The third kappa shape index (κ3) is 8.23. The van der Waals surface area contributed by atoms with Gasteiger partial charge in [-0.2, -0.15) is 8.42 Å². The fourth-order valence-corrected chi connectivity index (χ4v) is 3.80. The van der Waals surface area contributed by atoms with Gasteiger partial charge in [0.15, 0.2) is 0 Å². The van der Waals surface area contributed by atoms with Gasteiger partial charge in [-0.05, 0) is 36.0 Å². The molecule has 0 aromatic heterocycles. The normalized spacial score (nSPS) is 14.8. The first-order chi connectivity index (χ1) is 11.6. The van der Waals surface area contributed by atoms with Crippen LogP contribution >= 0.6 is 11.6 Å². The van der Waals surface area contributed by atoms with Crippen LogP contribution < -0.4 is 4.74 Å². The van der Waals surface area contributed by atoms with Gasteiger partial charge in [-0.25, -0.2) is 0 Å². The highest BCUT2D eigenvalue weighted by Gasteiger charge is 2.31. The second kappa shape index (κ2) is 9.57. The van der Waals surface area contributed by atoms with E-state index < -0.39 is 10.1 Å². The van der Waals surface area contributed by atoms with Crippen molar-refractivity contribution >= 4 is 21.7 Å². The standard InChI is InChI=1S/C18H27ClO5S/c1-5-17(24-13-14-6-8-16(23-4)9-7-14)18(2,3)12-15(19)10-11-25(20,21)22/h5-9,15,17H,1,10-13H2,2-4H3,(H,20,21,22). The summed E-state index contributed by atoms with van der Waals surface area (Å²) in [4.78, 5) is 0. The summed E-state index contributed by atoms with van der Waals surface area (Å²) >= 11 is 6.24. The molecular formula is C18H27ClO5S. The van der Waals surface area contributed by atoms with Gasteiger partial charge in [-0.15, -0.1) is 18.2 Å². The summed E-state index contributed by atoms with van der Waals surface area (Å²) < 4.78 is 41.6. The van der Waals surface area contributed by atoms with E-state index >= 15 is 0 Å². The molecule has 0 radical (unpaired) electrons. The number of alkyl halides is 1. The van der Waals surface area contributed by atoms with Gasteiger partial charge >= 0.3 is 0 Å². The van der Waals surface area contributed by atoms with Crippen molar-refractivity contribution in [3.05, 3.63) is 42.5 Å². The smallest absolute Gasteiger partial charge is 0.264 e. The molecule has 0 saturated heterocycles. The fourth-order valence-electron chi connectivity index (χ4n) is 2.59. The van der Waals surface area contributed by atoms with Gasteiger partial charge in [0.05, 0.1) is 25.6 Å². The average Bonchev–Trinajstić information content (AvgIpc) is 2.53. The molecule has 0 aliphatic carbocycles. The van der Waals surface area contributed by atoms with Crippen molar-refractivity contribution in [1.29, 1.82) is 0 Å². The lowest BCUT2D eigenvalue weighted by Crippen LogP contribution is -2.33. The lowest BCUT2D eigenvalue weighted by atomic mass is 9.81. The molecule has 0 spiro atoms. The van der Waals surface area contributed by atoms with Crippen molar-refractivity contribution in [3.63, 3.8) is 0 Å². The topological polar surface area (TPSA) is 72.8 Å². The van der Waals surface area contributed by atoms with Crippen LogP contribution in [0.4, 0.5) is 0 Å². The monoisotopic (exact) mass is 390 g/mol. The van der Waals surface area contributed by atoms with Crippen molar-refractivity contribution in [1.82, 2.24) is 0 Å². The Balaban J connectivity index is 2.61. The van der Waals surface area contributed by atoms with Crippen LogP contribution in [0, 0.1) is 5.41 Å². The maximum Gasteiger partial charge on any atom is 0.264 e. The average molecular weight is 391 g/mol. The molecule has 1 rings (SSSR count). The van der Waals surface area contributed by atoms with Gasteiger partial charge in [0.2, 0.25) is 0 Å². The molecule has 1 N–H and O–H groups in total. The van der Waals surface area contributed by atoms with Crippen LogP contribution in [0.15, 0.2) is 36.9 Å². The Hall–Kier alpha value is -1.08. The minimum absolute atomic E-state index is 0.187. The summed E-state index contributed by atoms with van der Waals surface area (Å²) in [7, 11) is -2.38. The molecule has 0 amide bonds. The summed E-state index contributed by atoms with van der Waals surface area (Å²) in [6, 6.07) is 7.61. The van der Waals surface area contributed by atoms with Gasteiger partial charge in [0.25, 0.3) is 10.1 Å². The van der Waals surface area contributed by atoms with Crippen LogP contribution in [0.2, 0.25) is 0 Å². The molecular weight excluding hydrogens is 364 g/mol. The second-order valence-corrected chi connectivity index (χ2v) is 8.87. The summed E-state index contributed by atoms with van der Waals surface area (Å²) in [6.07, 6.45) is 2.20. The minimum Gasteiger partial charge on any atom is -0.497 e. The van der Waals surface area contributed by atoms with E-state index in [1.54, 1.807) is 13.2 Å². The zero-order valence-electron chi connectivity index (χ0n) is 14.9. The molecule has 2 unspecified atom stereocenters. The van der Waals surface area contributed by atoms with E-state index in [0.717, 1.165) is 11.3 Å². The molecule has 25 heavy (non-hydrogen) atoms. The molecule has 0 saturated carbocycles. The van der Waals surface area contributed by atoms with Crippen LogP contribution in [0.25, 0.3) is 0 Å². The summed E-state index contributed by atoms with van der Waals surface area (Å²) in [5.41, 5.74) is 0.678. The lowest BCUT2D eigenvalue weighted by molar-refractivity contribution is -0.00799. The van der Waals surface area contributed by atoms with E-state index in [2.05, 4.69) is 6.58 Å². The molecule has 5 nitrogen and oxygen atoms in total. The second-order valence-electron chi connectivity index (χ2n) is 6.68. The van der Waals surface area contributed by atoms with Crippen LogP contribution in [-0.4, -0.2) is 37.3 Å². The number of halogens is 1. The quantitative estimate of drug-likeness (QED) is 0.350. The number of rotatable bonds is 11. The van der Waals surface area contributed by atoms with E-state index in [1.165, 1.54) is 0 Å². The Bertz CT molecular complexity index is 640. The van der Waals surface area contributed by atoms with Gasteiger partial charge in [-0.1, -0.05) is 32.1 Å². The highest BCUT2D eigenvalue weighted by molar-refractivity contribution is 7.85. The van der Waals surface area contributed by atoms with Crippen LogP contribution in [0.3, 0.4) is 0 Å². The van der Waals surface area contributed by atoms with E-state index in [9.17, 15) is 8.42 Å². The predicted octanol–water partition coefficient (Wildman–Crippen LogP) is 4.07. The third-order valence-electron chi connectivity index (χ3n) is 4.01. The molecule has 142 valence electrons. The zero-order chi connectivity index (χ0) is 19.1.